The van der Waals surface area contributed by atoms with Gasteiger partial charge in [0.2, 0.25) is 10.0 Å². The van der Waals surface area contributed by atoms with Gasteiger partial charge >= 0.3 is 0 Å². The molecule has 1 N–H and O–H groups in total. The van der Waals surface area contributed by atoms with Crippen LogP contribution in [0.1, 0.15) is 16.1 Å². The number of aromatic nitrogens is 2. The molecule has 0 aliphatic heterocycles. The summed E-state index contributed by atoms with van der Waals surface area (Å²) in [7, 11) is -3.41. The first-order chi connectivity index (χ1) is 11.5. The zero-order chi connectivity index (χ0) is 17.0. The number of thiazole rings is 1. The van der Waals surface area contributed by atoms with Gasteiger partial charge in [-0.25, -0.2) is 18.1 Å². The Morgan fingerprint density at radius 3 is 2.75 bits per heavy atom. The zero-order valence-corrected chi connectivity index (χ0v) is 14.8. The quantitative estimate of drug-likeness (QED) is 0.734. The minimum Gasteiger partial charge on any atom is -0.264 e. The van der Waals surface area contributed by atoms with Gasteiger partial charge in [-0.15, -0.1) is 11.3 Å². The van der Waals surface area contributed by atoms with E-state index in [1.807, 2.05) is 48.7 Å². The minimum absolute atomic E-state index is 0.0273. The van der Waals surface area contributed by atoms with E-state index in [1.165, 1.54) is 11.3 Å². The van der Waals surface area contributed by atoms with Gasteiger partial charge in [0.25, 0.3) is 0 Å². The Hall–Kier alpha value is -2.09. The molecule has 3 aromatic rings. The summed E-state index contributed by atoms with van der Waals surface area (Å²) in [5, 5.41) is 2.63. The Balaban J connectivity index is 1.65. The third-order valence-corrected chi connectivity index (χ3v) is 5.68. The standard InChI is InChI=1S/C17H17N3O2S2/c1-13-5-2-3-6-15(13)12-24(21,22)19-10-17-20-16(11-23-17)14-7-4-8-18-9-14/h2-9,11,19H,10,12H2,1H3. The van der Waals surface area contributed by atoms with E-state index in [0.717, 1.165) is 27.4 Å². The number of nitrogens with one attached hydrogen (secondary N) is 1. The van der Waals surface area contributed by atoms with Gasteiger partial charge in [-0.1, -0.05) is 24.3 Å². The van der Waals surface area contributed by atoms with Crippen molar-refractivity contribution in [1.29, 1.82) is 0 Å². The monoisotopic (exact) mass is 359 g/mol. The molecule has 0 saturated heterocycles. The number of rotatable bonds is 6. The lowest BCUT2D eigenvalue weighted by molar-refractivity contribution is 0.580. The van der Waals surface area contributed by atoms with Gasteiger partial charge < -0.3 is 0 Å². The predicted octanol–water partition coefficient (Wildman–Crippen LogP) is 3.13. The predicted molar refractivity (Wildman–Crippen MR) is 96.0 cm³/mol. The first kappa shape index (κ1) is 16.8. The van der Waals surface area contributed by atoms with E-state index in [0.29, 0.717) is 0 Å². The second-order valence-electron chi connectivity index (χ2n) is 5.37. The van der Waals surface area contributed by atoms with Gasteiger partial charge in [-0.3, -0.25) is 4.98 Å². The summed E-state index contributed by atoms with van der Waals surface area (Å²) in [4.78, 5) is 8.52. The van der Waals surface area contributed by atoms with Crippen molar-refractivity contribution in [3.8, 4) is 11.3 Å². The molecule has 0 bridgehead atoms. The highest BCUT2D eigenvalue weighted by atomic mass is 32.2. The fourth-order valence-electron chi connectivity index (χ4n) is 2.24. The van der Waals surface area contributed by atoms with Crippen LogP contribution in [-0.2, 0) is 22.3 Å². The number of benzene rings is 1. The van der Waals surface area contributed by atoms with E-state index < -0.39 is 10.0 Å². The van der Waals surface area contributed by atoms with Crippen LogP contribution in [-0.4, -0.2) is 18.4 Å². The van der Waals surface area contributed by atoms with Gasteiger partial charge in [-0.2, -0.15) is 0 Å². The van der Waals surface area contributed by atoms with Gasteiger partial charge in [0.15, 0.2) is 0 Å². The first-order valence-electron chi connectivity index (χ1n) is 7.40. The fourth-order valence-corrected chi connectivity index (χ4v) is 4.26. The van der Waals surface area contributed by atoms with Crippen LogP contribution in [0.3, 0.4) is 0 Å². The maximum absolute atomic E-state index is 12.3. The van der Waals surface area contributed by atoms with Crippen molar-refractivity contribution in [3.63, 3.8) is 0 Å². The molecule has 124 valence electrons. The highest BCUT2D eigenvalue weighted by Crippen LogP contribution is 2.21. The zero-order valence-electron chi connectivity index (χ0n) is 13.1. The molecule has 0 spiro atoms. The van der Waals surface area contributed by atoms with Gasteiger partial charge in [0.1, 0.15) is 5.01 Å². The first-order valence-corrected chi connectivity index (χ1v) is 9.93. The number of hydrogen-bond acceptors (Lipinski definition) is 5. The van der Waals surface area contributed by atoms with Crippen LogP contribution in [0.25, 0.3) is 11.3 Å². The third-order valence-electron chi connectivity index (χ3n) is 3.56. The van der Waals surface area contributed by atoms with E-state index in [2.05, 4.69) is 14.7 Å². The summed E-state index contributed by atoms with van der Waals surface area (Å²) in [5.41, 5.74) is 3.50. The highest BCUT2D eigenvalue weighted by Gasteiger charge is 2.14. The molecule has 5 nitrogen and oxygen atoms in total. The summed E-state index contributed by atoms with van der Waals surface area (Å²) in [5.74, 6) is -0.0273. The Kier molecular flexibility index (Phi) is 5.03. The summed E-state index contributed by atoms with van der Waals surface area (Å²) in [6, 6.07) is 11.3. The molecule has 7 heteroatoms. The number of hydrogen-bond donors (Lipinski definition) is 1. The lowest BCUT2D eigenvalue weighted by Gasteiger charge is -2.07. The molecule has 0 radical (unpaired) electrons. The number of pyridine rings is 1. The molecule has 0 aliphatic rings. The summed E-state index contributed by atoms with van der Waals surface area (Å²) in [6.07, 6.45) is 3.44. The molecule has 0 unspecified atom stereocenters. The third kappa shape index (κ3) is 4.25. The average Bonchev–Trinajstić information content (AvgIpc) is 3.05. The van der Waals surface area contributed by atoms with Gasteiger partial charge in [-0.05, 0) is 30.2 Å². The summed E-state index contributed by atoms with van der Waals surface area (Å²) >= 11 is 1.43. The van der Waals surface area contributed by atoms with Crippen molar-refractivity contribution in [2.24, 2.45) is 0 Å². The minimum atomic E-state index is -3.41. The SMILES string of the molecule is Cc1ccccc1CS(=O)(=O)NCc1nc(-c2cccnc2)cs1. The summed E-state index contributed by atoms with van der Waals surface area (Å²) < 4.78 is 27.1. The lowest BCUT2D eigenvalue weighted by atomic mass is 10.1. The van der Waals surface area contributed by atoms with E-state index in [1.54, 1.807) is 12.4 Å². The van der Waals surface area contributed by atoms with Crippen LogP contribution < -0.4 is 4.72 Å². The Morgan fingerprint density at radius 2 is 2.00 bits per heavy atom. The van der Waals surface area contributed by atoms with Crippen molar-refractivity contribution >= 4 is 21.4 Å². The molecule has 0 aliphatic carbocycles. The smallest absolute Gasteiger partial charge is 0.216 e. The number of aryl methyl sites for hydroxylation is 1. The molecule has 1 aromatic carbocycles. The fraction of sp³-hybridized carbons (Fsp3) is 0.176. The lowest BCUT2D eigenvalue weighted by Crippen LogP contribution is -2.24. The molecule has 3 rings (SSSR count). The maximum atomic E-state index is 12.3. The van der Waals surface area contributed by atoms with Crippen molar-refractivity contribution < 1.29 is 8.42 Å². The topological polar surface area (TPSA) is 72.0 Å². The molecule has 0 atom stereocenters. The Morgan fingerprint density at radius 1 is 1.17 bits per heavy atom. The summed E-state index contributed by atoms with van der Waals surface area (Å²) in [6.45, 7) is 2.10. The average molecular weight is 359 g/mol. The van der Waals surface area contributed by atoms with Crippen LogP contribution in [0.5, 0.6) is 0 Å². The van der Waals surface area contributed by atoms with E-state index in [-0.39, 0.29) is 12.3 Å². The molecule has 0 amide bonds. The molecule has 2 aromatic heterocycles. The van der Waals surface area contributed by atoms with Crippen LogP contribution in [0.2, 0.25) is 0 Å². The molecular formula is C17H17N3O2S2. The van der Waals surface area contributed by atoms with Crippen molar-refractivity contribution in [3.05, 3.63) is 70.3 Å². The van der Waals surface area contributed by atoms with E-state index in [4.69, 9.17) is 0 Å². The number of sulfonamides is 1. The van der Waals surface area contributed by atoms with Crippen molar-refractivity contribution in [2.75, 3.05) is 0 Å². The second kappa shape index (κ2) is 7.21. The van der Waals surface area contributed by atoms with Crippen LogP contribution >= 0.6 is 11.3 Å². The molecular weight excluding hydrogens is 342 g/mol. The normalized spacial score (nSPS) is 11.5. The highest BCUT2D eigenvalue weighted by molar-refractivity contribution is 7.88. The van der Waals surface area contributed by atoms with Crippen LogP contribution in [0.4, 0.5) is 0 Å². The Bertz CT molecular complexity index is 922. The maximum Gasteiger partial charge on any atom is 0.216 e. The molecule has 0 saturated carbocycles. The molecule has 2 heterocycles. The number of nitrogens with zero attached hydrogens (tertiary/aromatic N) is 2. The molecule has 24 heavy (non-hydrogen) atoms. The van der Waals surface area contributed by atoms with Gasteiger partial charge in [0.05, 0.1) is 18.0 Å². The van der Waals surface area contributed by atoms with E-state index >= 15 is 0 Å². The molecule has 0 fully saturated rings. The van der Waals surface area contributed by atoms with Gasteiger partial charge in [0, 0.05) is 23.3 Å². The van der Waals surface area contributed by atoms with Crippen LogP contribution in [0.15, 0.2) is 54.2 Å². The Labute approximate surface area is 145 Å². The van der Waals surface area contributed by atoms with Crippen molar-refractivity contribution in [1.82, 2.24) is 14.7 Å². The second-order valence-corrected chi connectivity index (χ2v) is 8.12. The largest absolute Gasteiger partial charge is 0.264 e. The van der Waals surface area contributed by atoms with Crippen LogP contribution in [0, 0.1) is 6.92 Å². The van der Waals surface area contributed by atoms with E-state index in [9.17, 15) is 8.42 Å². The van der Waals surface area contributed by atoms with Crippen molar-refractivity contribution in [2.45, 2.75) is 19.2 Å².